The summed E-state index contributed by atoms with van der Waals surface area (Å²) in [7, 11) is -8.55. The third-order valence-electron chi connectivity index (χ3n) is 2.48. The highest BCUT2D eigenvalue weighted by atomic mass is 35.5. The molecule has 1 heterocycles. The zero-order chi connectivity index (χ0) is 15.3. The summed E-state index contributed by atoms with van der Waals surface area (Å²) in [6.07, 6.45) is -4.83. The van der Waals surface area contributed by atoms with Crippen molar-refractivity contribution in [3.05, 3.63) is 17.2 Å². The largest absolute Gasteiger partial charge is 0.363 e. The molecule has 1 aliphatic rings. The van der Waals surface area contributed by atoms with Crippen molar-refractivity contribution in [2.24, 2.45) is 5.14 Å². The number of nitrogens with one attached hydrogen (secondary N) is 2. The first-order valence-electron chi connectivity index (χ1n) is 4.96. The number of halogens is 3. The molecule has 0 aromatic heterocycles. The van der Waals surface area contributed by atoms with Crippen molar-refractivity contribution in [1.82, 2.24) is 4.72 Å². The highest BCUT2D eigenvalue weighted by Crippen LogP contribution is 2.34. The number of hydrogen-bond donors (Lipinski definition) is 3. The van der Waals surface area contributed by atoms with Gasteiger partial charge in [-0.05, 0) is 12.1 Å². The van der Waals surface area contributed by atoms with Gasteiger partial charge < -0.3 is 5.32 Å². The molecule has 20 heavy (non-hydrogen) atoms. The van der Waals surface area contributed by atoms with Crippen LogP contribution in [0.5, 0.6) is 0 Å². The maximum absolute atomic E-state index is 12.6. The molecule has 0 amide bonds. The van der Waals surface area contributed by atoms with Gasteiger partial charge in [0.2, 0.25) is 20.0 Å². The summed E-state index contributed by atoms with van der Waals surface area (Å²) in [4.78, 5) is -1.14. The van der Waals surface area contributed by atoms with E-state index in [1.165, 1.54) is 0 Å². The maximum atomic E-state index is 12.6. The summed E-state index contributed by atoms with van der Waals surface area (Å²) >= 11 is 5.66. The molecule has 1 atom stereocenters. The number of anilines is 1. The van der Waals surface area contributed by atoms with Crippen molar-refractivity contribution < 1.29 is 25.6 Å². The predicted octanol–water partition coefficient (Wildman–Crippen LogP) is 0.282. The molecule has 1 unspecified atom stereocenters. The molecule has 4 N–H and O–H groups in total. The molecule has 0 radical (unpaired) electrons. The second-order valence-electron chi connectivity index (χ2n) is 3.90. The van der Waals surface area contributed by atoms with Crippen molar-refractivity contribution >= 4 is 37.3 Å². The van der Waals surface area contributed by atoms with Crippen molar-refractivity contribution in [2.75, 3.05) is 5.32 Å². The van der Waals surface area contributed by atoms with Gasteiger partial charge in [0, 0.05) is 0 Å². The lowest BCUT2D eigenvalue weighted by Gasteiger charge is -2.27. The van der Waals surface area contributed by atoms with E-state index in [1.807, 2.05) is 0 Å². The van der Waals surface area contributed by atoms with E-state index in [9.17, 15) is 25.6 Å². The molecule has 0 aliphatic carbocycles. The quantitative estimate of drug-likeness (QED) is 0.710. The number of rotatable bonds is 2. The summed E-state index contributed by atoms with van der Waals surface area (Å²) in [5.41, 5.74) is -0.230. The van der Waals surface area contributed by atoms with Gasteiger partial charge in [0.15, 0.2) is 6.17 Å². The second kappa shape index (κ2) is 4.77. The van der Waals surface area contributed by atoms with Gasteiger partial charge in [0.1, 0.15) is 9.79 Å². The Morgan fingerprint density at radius 1 is 1.35 bits per heavy atom. The number of alkyl halides is 2. The summed E-state index contributed by atoms with van der Waals surface area (Å²) < 4.78 is 73.0. The van der Waals surface area contributed by atoms with E-state index in [1.54, 1.807) is 4.72 Å². The number of benzene rings is 1. The molecule has 0 fully saturated rings. The standard InChI is InChI=1S/C8H8ClF2N3O4S2/c9-3-1-4-6(2-5(3)19(12,15)16)20(17,18)14-8(13-4)7(10)11/h1-2,7-8,13-14H,(H2,12,15,16). The Kier molecular flexibility index (Phi) is 3.67. The molecule has 0 spiro atoms. The van der Waals surface area contributed by atoms with Crippen LogP contribution >= 0.6 is 11.6 Å². The van der Waals surface area contributed by atoms with Gasteiger partial charge in [-0.15, -0.1) is 0 Å². The molecule has 1 aromatic rings. The summed E-state index contributed by atoms with van der Waals surface area (Å²) in [6.45, 7) is 0. The SMILES string of the molecule is NS(=O)(=O)c1cc2c(cc1Cl)NC(C(F)F)NS2(=O)=O. The monoisotopic (exact) mass is 347 g/mol. The number of fused-ring (bicyclic) bond motifs is 1. The average Bonchev–Trinajstić information content (AvgIpc) is 2.24. The highest BCUT2D eigenvalue weighted by molar-refractivity contribution is 7.90. The third kappa shape index (κ3) is 2.72. The van der Waals surface area contributed by atoms with E-state index in [4.69, 9.17) is 16.7 Å². The molecule has 12 heteroatoms. The molecule has 1 aliphatic heterocycles. The smallest absolute Gasteiger partial charge is 0.272 e. The predicted molar refractivity (Wildman–Crippen MR) is 66.6 cm³/mol. The Balaban J connectivity index is 2.67. The molecular formula is C8H8ClF2N3O4S2. The fraction of sp³-hybridized carbons (Fsp3) is 0.250. The number of hydrogen-bond acceptors (Lipinski definition) is 5. The molecule has 1 aromatic carbocycles. The lowest BCUT2D eigenvalue weighted by molar-refractivity contribution is 0.119. The van der Waals surface area contributed by atoms with Gasteiger partial charge in [0.05, 0.1) is 10.7 Å². The summed E-state index contributed by atoms with van der Waals surface area (Å²) in [5, 5.41) is 6.73. The molecule has 0 saturated heterocycles. The van der Waals surface area contributed by atoms with E-state index in [2.05, 4.69) is 5.32 Å². The first-order chi connectivity index (χ1) is 9.02. The highest BCUT2D eigenvalue weighted by Gasteiger charge is 2.35. The fourth-order valence-electron chi connectivity index (χ4n) is 1.63. The van der Waals surface area contributed by atoms with E-state index in [-0.39, 0.29) is 10.7 Å². The van der Waals surface area contributed by atoms with E-state index in [0.717, 1.165) is 6.07 Å². The zero-order valence-corrected chi connectivity index (χ0v) is 11.9. The van der Waals surface area contributed by atoms with Gasteiger partial charge in [-0.1, -0.05) is 11.6 Å². The first kappa shape index (κ1) is 15.4. The minimum Gasteiger partial charge on any atom is -0.363 e. The van der Waals surface area contributed by atoms with Crippen LogP contribution in [-0.4, -0.2) is 29.4 Å². The average molecular weight is 348 g/mol. The van der Waals surface area contributed by atoms with Crippen LogP contribution in [0.2, 0.25) is 5.02 Å². The van der Waals surface area contributed by atoms with E-state index < -0.39 is 42.4 Å². The van der Waals surface area contributed by atoms with Gasteiger partial charge in [-0.25, -0.2) is 30.8 Å². The van der Waals surface area contributed by atoms with Crippen LogP contribution < -0.4 is 15.2 Å². The Hall–Kier alpha value is -1.01. The number of nitrogens with two attached hydrogens (primary N) is 1. The Labute approximate surface area is 118 Å². The van der Waals surface area contributed by atoms with Crippen LogP contribution in [0.1, 0.15) is 0 Å². The number of sulfonamides is 2. The lowest BCUT2D eigenvalue weighted by Crippen LogP contribution is -2.49. The van der Waals surface area contributed by atoms with Gasteiger partial charge in [-0.2, -0.15) is 4.72 Å². The Morgan fingerprint density at radius 2 is 1.95 bits per heavy atom. The fourth-order valence-corrected chi connectivity index (χ4v) is 4.11. The normalized spacial score (nSPS) is 21.4. The molecule has 7 nitrogen and oxygen atoms in total. The second-order valence-corrected chi connectivity index (χ2v) is 7.52. The first-order valence-corrected chi connectivity index (χ1v) is 8.36. The minimum atomic E-state index is -4.31. The third-order valence-corrected chi connectivity index (χ3v) is 5.33. The van der Waals surface area contributed by atoms with Crippen molar-refractivity contribution in [3.63, 3.8) is 0 Å². The topological polar surface area (TPSA) is 118 Å². The van der Waals surface area contributed by atoms with E-state index in [0.29, 0.717) is 6.07 Å². The van der Waals surface area contributed by atoms with Crippen LogP contribution in [0.3, 0.4) is 0 Å². The lowest BCUT2D eigenvalue weighted by atomic mass is 10.3. The van der Waals surface area contributed by atoms with Gasteiger partial charge >= 0.3 is 0 Å². The van der Waals surface area contributed by atoms with Crippen LogP contribution in [0.15, 0.2) is 21.9 Å². The zero-order valence-electron chi connectivity index (χ0n) is 9.47. The van der Waals surface area contributed by atoms with E-state index >= 15 is 0 Å². The van der Waals surface area contributed by atoms with Crippen molar-refractivity contribution in [1.29, 1.82) is 0 Å². The van der Waals surface area contributed by atoms with Gasteiger partial charge in [-0.3, -0.25) is 0 Å². The van der Waals surface area contributed by atoms with Crippen molar-refractivity contribution in [2.45, 2.75) is 22.4 Å². The van der Waals surface area contributed by atoms with Crippen molar-refractivity contribution in [3.8, 4) is 0 Å². The molecule has 112 valence electrons. The Morgan fingerprint density at radius 3 is 2.45 bits per heavy atom. The summed E-state index contributed by atoms with van der Waals surface area (Å²) in [6, 6.07) is 1.63. The van der Waals surface area contributed by atoms with Crippen LogP contribution in [0, 0.1) is 0 Å². The van der Waals surface area contributed by atoms with Crippen LogP contribution in [0.4, 0.5) is 14.5 Å². The number of primary sulfonamides is 1. The van der Waals surface area contributed by atoms with Crippen LogP contribution in [0.25, 0.3) is 0 Å². The maximum Gasteiger partial charge on any atom is 0.272 e. The molecule has 0 saturated carbocycles. The summed E-state index contributed by atoms with van der Waals surface area (Å²) in [5.74, 6) is 0. The Bertz CT molecular complexity index is 766. The van der Waals surface area contributed by atoms with Gasteiger partial charge in [0.25, 0.3) is 6.43 Å². The molecular weight excluding hydrogens is 340 g/mol. The molecule has 0 bridgehead atoms. The van der Waals surface area contributed by atoms with Crippen LogP contribution in [-0.2, 0) is 20.0 Å². The molecule has 2 rings (SSSR count). The minimum absolute atomic E-state index is 0.230.